The number of likely N-dealkylation sites (tertiary alicyclic amines) is 1. The molecule has 3 fully saturated rings. The van der Waals surface area contributed by atoms with Crippen molar-refractivity contribution in [2.24, 2.45) is 11.8 Å². The zero-order valence-corrected chi connectivity index (χ0v) is 19.6. The molecule has 2 saturated carbocycles. The molecule has 5 atom stereocenters. The van der Waals surface area contributed by atoms with Gasteiger partial charge in [0.2, 0.25) is 11.8 Å². The van der Waals surface area contributed by atoms with Crippen LogP contribution in [0.15, 0.2) is 54.6 Å². The number of carbonyl (C=O) groups excluding carboxylic acids is 3. The van der Waals surface area contributed by atoms with Crippen LogP contribution in [-0.4, -0.2) is 66.9 Å². The third-order valence-corrected chi connectivity index (χ3v) is 7.57. The normalized spacial score (nSPS) is 26.8. The number of benzene rings is 2. The van der Waals surface area contributed by atoms with Crippen molar-refractivity contribution in [3.05, 3.63) is 65.7 Å². The molecule has 0 radical (unpaired) electrons. The molecule has 1 N–H and O–H groups in total. The molecular formula is C27H31N3O4. The average molecular weight is 462 g/mol. The molecule has 0 spiro atoms. The van der Waals surface area contributed by atoms with Crippen LogP contribution in [0.5, 0.6) is 5.75 Å². The third kappa shape index (κ3) is 4.39. The van der Waals surface area contributed by atoms with Crippen LogP contribution in [0.25, 0.3) is 0 Å². The molecule has 2 aliphatic carbocycles. The van der Waals surface area contributed by atoms with Gasteiger partial charge in [-0.1, -0.05) is 30.3 Å². The lowest BCUT2D eigenvalue weighted by Gasteiger charge is -2.32. The Kier molecular flexibility index (Phi) is 6.02. The Morgan fingerprint density at radius 1 is 1.03 bits per heavy atom. The summed E-state index contributed by atoms with van der Waals surface area (Å²) in [5.74, 6) is 1.41. The minimum atomic E-state index is -0.170. The molecule has 2 bridgehead atoms. The maximum atomic E-state index is 13.2. The summed E-state index contributed by atoms with van der Waals surface area (Å²) in [6.45, 7) is 0.731. The van der Waals surface area contributed by atoms with E-state index in [1.165, 1.54) is 10.5 Å². The van der Waals surface area contributed by atoms with Crippen molar-refractivity contribution in [2.75, 3.05) is 27.2 Å². The Labute approximate surface area is 200 Å². The molecule has 2 aromatic rings. The van der Waals surface area contributed by atoms with Crippen LogP contribution in [0, 0.1) is 11.8 Å². The Hall–Kier alpha value is -3.35. The summed E-state index contributed by atoms with van der Waals surface area (Å²) >= 11 is 0. The number of fused-ring (bicyclic) bond motifs is 2. The maximum Gasteiger partial charge on any atom is 0.254 e. The lowest BCUT2D eigenvalue weighted by molar-refractivity contribution is -0.134. The van der Waals surface area contributed by atoms with E-state index in [0.717, 1.165) is 25.0 Å². The van der Waals surface area contributed by atoms with Crippen molar-refractivity contribution < 1.29 is 19.1 Å². The van der Waals surface area contributed by atoms with Crippen molar-refractivity contribution in [1.29, 1.82) is 0 Å². The first-order valence-electron chi connectivity index (χ1n) is 12.0. The number of hydrogen-bond acceptors (Lipinski definition) is 4. The number of rotatable bonds is 7. The molecule has 0 aromatic heterocycles. The quantitative estimate of drug-likeness (QED) is 0.688. The number of piperidine rings is 1. The SMILES string of the molecule is COc1ccc(C2CC2C(=O)N2CC3CC2C[C@@H]3NC(=O)CN(C)C(=O)c2ccccc2)cc1. The second-order valence-corrected chi connectivity index (χ2v) is 9.80. The zero-order chi connectivity index (χ0) is 23.8. The molecule has 1 aliphatic heterocycles. The van der Waals surface area contributed by atoms with E-state index in [4.69, 9.17) is 4.74 Å². The van der Waals surface area contributed by atoms with Crippen LogP contribution >= 0.6 is 0 Å². The molecule has 34 heavy (non-hydrogen) atoms. The Morgan fingerprint density at radius 2 is 1.76 bits per heavy atom. The lowest BCUT2D eigenvalue weighted by Crippen LogP contribution is -2.50. The first-order valence-corrected chi connectivity index (χ1v) is 12.0. The summed E-state index contributed by atoms with van der Waals surface area (Å²) in [5, 5.41) is 3.11. The fourth-order valence-corrected chi connectivity index (χ4v) is 5.64. The van der Waals surface area contributed by atoms with E-state index >= 15 is 0 Å². The molecule has 7 nitrogen and oxygen atoms in total. The summed E-state index contributed by atoms with van der Waals surface area (Å²) in [5.41, 5.74) is 1.77. The van der Waals surface area contributed by atoms with E-state index in [-0.39, 0.29) is 48.2 Å². The van der Waals surface area contributed by atoms with Gasteiger partial charge < -0.3 is 19.9 Å². The Bertz CT molecular complexity index is 1070. The lowest BCUT2D eigenvalue weighted by atomic mass is 10.0. The molecule has 5 rings (SSSR count). The van der Waals surface area contributed by atoms with Crippen molar-refractivity contribution in [3.8, 4) is 5.75 Å². The van der Waals surface area contributed by atoms with E-state index in [2.05, 4.69) is 17.4 Å². The first kappa shape index (κ1) is 22.4. The second-order valence-electron chi connectivity index (χ2n) is 9.80. The monoisotopic (exact) mass is 461 g/mol. The molecule has 178 valence electrons. The van der Waals surface area contributed by atoms with Crippen LogP contribution < -0.4 is 10.1 Å². The van der Waals surface area contributed by atoms with Crippen LogP contribution in [0.1, 0.15) is 41.1 Å². The number of nitrogens with zero attached hydrogens (tertiary/aromatic N) is 2. The van der Waals surface area contributed by atoms with Crippen molar-refractivity contribution in [2.45, 2.75) is 37.3 Å². The molecule has 1 heterocycles. The van der Waals surface area contributed by atoms with Gasteiger partial charge in [0, 0.05) is 37.2 Å². The summed E-state index contributed by atoms with van der Waals surface area (Å²) in [4.78, 5) is 41.7. The highest BCUT2D eigenvalue weighted by molar-refractivity contribution is 5.96. The van der Waals surface area contributed by atoms with Gasteiger partial charge in [0.05, 0.1) is 13.7 Å². The van der Waals surface area contributed by atoms with Gasteiger partial charge in [0.1, 0.15) is 5.75 Å². The van der Waals surface area contributed by atoms with Crippen molar-refractivity contribution >= 4 is 17.7 Å². The van der Waals surface area contributed by atoms with E-state index in [9.17, 15) is 14.4 Å². The molecule has 3 aliphatic rings. The summed E-state index contributed by atoms with van der Waals surface area (Å²) in [6.07, 6.45) is 2.63. The summed E-state index contributed by atoms with van der Waals surface area (Å²) < 4.78 is 5.22. The van der Waals surface area contributed by atoms with Crippen molar-refractivity contribution in [1.82, 2.24) is 15.1 Å². The molecule has 7 heteroatoms. The Morgan fingerprint density at radius 3 is 2.41 bits per heavy atom. The molecule has 3 amide bonds. The van der Waals surface area contributed by atoms with Crippen LogP contribution in [0.3, 0.4) is 0 Å². The van der Waals surface area contributed by atoms with Crippen LogP contribution in [-0.2, 0) is 9.59 Å². The minimum absolute atomic E-state index is 0.0237. The summed E-state index contributed by atoms with van der Waals surface area (Å²) in [7, 11) is 3.30. The highest BCUT2D eigenvalue weighted by Gasteiger charge is 2.52. The third-order valence-electron chi connectivity index (χ3n) is 7.57. The predicted molar refractivity (Wildman–Crippen MR) is 127 cm³/mol. The van der Waals surface area contributed by atoms with E-state index in [0.29, 0.717) is 18.0 Å². The van der Waals surface area contributed by atoms with Crippen LogP contribution in [0.4, 0.5) is 0 Å². The van der Waals surface area contributed by atoms with Gasteiger partial charge in [-0.25, -0.2) is 0 Å². The summed E-state index contributed by atoms with van der Waals surface area (Å²) in [6, 6.07) is 17.2. The number of amides is 3. The van der Waals surface area contributed by atoms with Crippen LogP contribution in [0.2, 0.25) is 0 Å². The van der Waals surface area contributed by atoms with Gasteiger partial charge in [-0.05, 0) is 60.9 Å². The molecular weight excluding hydrogens is 430 g/mol. The van der Waals surface area contributed by atoms with E-state index < -0.39 is 0 Å². The van der Waals surface area contributed by atoms with E-state index in [1.54, 1.807) is 26.3 Å². The topological polar surface area (TPSA) is 79.0 Å². The number of carbonyl (C=O) groups is 3. The number of methoxy groups -OCH3 is 1. The fraction of sp³-hybridized carbons (Fsp3) is 0.444. The zero-order valence-electron chi connectivity index (χ0n) is 19.6. The van der Waals surface area contributed by atoms with Gasteiger partial charge in [-0.3, -0.25) is 14.4 Å². The number of likely N-dealkylation sites (N-methyl/N-ethyl adjacent to an activating group) is 1. The van der Waals surface area contributed by atoms with E-state index in [1.807, 2.05) is 35.2 Å². The van der Waals surface area contributed by atoms with Gasteiger partial charge in [0.25, 0.3) is 5.91 Å². The minimum Gasteiger partial charge on any atom is -0.497 e. The van der Waals surface area contributed by atoms with Gasteiger partial charge in [-0.15, -0.1) is 0 Å². The highest BCUT2D eigenvalue weighted by Crippen LogP contribution is 2.50. The van der Waals surface area contributed by atoms with Crippen molar-refractivity contribution in [3.63, 3.8) is 0 Å². The Balaban J connectivity index is 1.10. The molecule has 1 saturated heterocycles. The molecule has 2 aromatic carbocycles. The number of hydrogen-bond donors (Lipinski definition) is 1. The highest BCUT2D eigenvalue weighted by atomic mass is 16.5. The largest absolute Gasteiger partial charge is 0.497 e. The van der Waals surface area contributed by atoms with Gasteiger partial charge >= 0.3 is 0 Å². The van der Waals surface area contributed by atoms with Gasteiger partial charge in [-0.2, -0.15) is 0 Å². The number of nitrogens with one attached hydrogen (secondary N) is 1. The molecule has 4 unspecified atom stereocenters. The smallest absolute Gasteiger partial charge is 0.254 e. The average Bonchev–Trinajstić information content (AvgIpc) is 3.42. The standard InChI is InChI=1S/C27H31N3O4/c1-29(26(32)18-6-4-3-5-7-18)16-25(31)28-24-13-20-12-19(24)15-30(20)27(33)23-14-22(23)17-8-10-21(34-2)11-9-17/h3-11,19-20,22-24H,12-16H2,1-2H3,(H,28,31)/t19?,20?,22?,23?,24-/m0/s1. The maximum absolute atomic E-state index is 13.2. The first-order chi connectivity index (χ1) is 16.4. The predicted octanol–water partition coefficient (Wildman–Crippen LogP) is 2.68. The van der Waals surface area contributed by atoms with Gasteiger partial charge in [0.15, 0.2) is 0 Å². The fourth-order valence-electron chi connectivity index (χ4n) is 5.64. The number of ether oxygens (including phenoxy) is 1. The second kappa shape index (κ2) is 9.12.